The molecular formula is C12H23NO2. The first-order chi connectivity index (χ1) is 6.62. The van der Waals surface area contributed by atoms with E-state index >= 15 is 0 Å². The number of nitrogens with zero attached hydrogens (tertiary/aromatic N) is 1. The normalized spacial score (nSPS) is 23.3. The lowest BCUT2D eigenvalue weighted by Gasteiger charge is -2.53. The standard InChI is InChI=1S/C12H23NO2/c1-11(2,3)9(6-10(14)15)13-7-12(4,5)8-13/h9H,6-8H2,1-5H3,(H,14,15). The third-order valence-electron chi connectivity index (χ3n) is 3.07. The molecule has 0 bridgehead atoms. The Morgan fingerprint density at radius 1 is 1.40 bits per heavy atom. The summed E-state index contributed by atoms with van der Waals surface area (Å²) in [5.41, 5.74) is 0.400. The second-order valence-corrected chi connectivity index (χ2v) is 6.55. The minimum atomic E-state index is -0.695. The van der Waals surface area contributed by atoms with Crippen LogP contribution in [0, 0.1) is 10.8 Å². The number of rotatable bonds is 3. The van der Waals surface area contributed by atoms with Gasteiger partial charge in [-0.05, 0) is 10.8 Å². The van der Waals surface area contributed by atoms with E-state index in [9.17, 15) is 4.79 Å². The molecule has 0 aliphatic carbocycles. The predicted molar refractivity (Wildman–Crippen MR) is 60.8 cm³/mol. The molecule has 0 amide bonds. The lowest BCUT2D eigenvalue weighted by atomic mass is 9.76. The van der Waals surface area contributed by atoms with E-state index in [-0.39, 0.29) is 17.9 Å². The summed E-state index contributed by atoms with van der Waals surface area (Å²) in [6, 6.07) is 0.156. The zero-order valence-corrected chi connectivity index (χ0v) is 10.5. The van der Waals surface area contributed by atoms with Crippen LogP contribution in [0.2, 0.25) is 0 Å². The van der Waals surface area contributed by atoms with Crippen molar-refractivity contribution < 1.29 is 9.90 Å². The van der Waals surface area contributed by atoms with Crippen molar-refractivity contribution >= 4 is 5.97 Å². The third kappa shape index (κ3) is 3.20. The number of likely N-dealkylation sites (tertiary alicyclic amines) is 1. The van der Waals surface area contributed by atoms with Crippen molar-refractivity contribution in [1.82, 2.24) is 4.90 Å². The minimum Gasteiger partial charge on any atom is -0.481 e. The summed E-state index contributed by atoms with van der Waals surface area (Å²) in [5.74, 6) is -0.695. The average Bonchev–Trinajstić information content (AvgIpc) is 1.92. The highest BCUT2D eigenvalue weighted by Gasteiger charge is 2.42. The Morgan fingerprint density at radius 3 is 2.13 bits per heavy atom. The summed E-state index contributed by atoms with van der Waals surface area (Å²) < 4.78 is 0. The molecule has 88 valence electrons. The van der Waals surface area contributed by atoms with E-state index in [4.69, 9.17) is 5.11 Å². The van der Waals surface area contributed by atoms with Gasteiger partial charge in [0.2, 0.25) is 0 Å². The lowest BCUT2D eigenvalue weighted by Crippen LogP contribution is -2.60. The van der Waals surface area contributed by atoms with Crippen molar-refractivity contribution in [2.75, 3.05) is 13.1 Å². The van der Waals surface area contributed by atoms with Crippen LogP contribution >= 0.6 is 0 Å². The number of carbonyl (C=O) groups is 1. The molecule has 0 saturated carbocycles. The third-order valence-corrected chi connectivity index (χ3v) is 3.07. The van der Waals surface area contributed by atoms with Crippen LogP contribution in [0.25, 0.3) is 0 Å². The number of carboxylic acid groups (broad SMARTS) is 1. The van der Waals surface area contributed by atoms with E-state index in [0.717, 1.165) is 13.1 Å². The van der Waals surface area contributed by atoms with Gasteiger partial charge in [-0.25, -0.2) is 0 Å². The zero-order chi connectivity index (χ0) is 11.9. The Kier molecular flexibility index (Phi) is 3.15. The summed E-state index contributed by atoms with van der Waals surface area (Å²) >= 11 is 0. The smallest absolute Gasteiger partial charge is 0.304 e. The summed E-state index contributed by atoms with van der Waals surface area (Å²) in [7, 11) is 0. The van der Waals surface area contributed by atoms with Crippen molar-refractivity contribution in [3.05, 3.63) is 0 Å². The van der Waals surface area contributed by atoms with Gasteiger partial charge in [0.15, 0.2) is 0 Å². The molecule has 1 aliphatic heterocycles. The van der Waals surface area contributed by atoms with Gasteiger partial charge in [0.1, 0.15) is 0 Å². The first-order valence-corrected chi connectivity index (χ1v) is 5.58. The van der Waals surface area contributed by atoms with Crippen LogP contribution in [-0.2, 0) is 4.79 Å². The SMILES string of the molecule is CC1(C)CN(C(CC(=O)O)C(C)(C)C)C1. The molecule has 3 heteroatoms. The number of hydrogen-bond acceptors (Lipinski definition) is 2. The number of aliphatic carboxylic acids is 1. The Bertz CT molecular complexity index is 245. The number of hydrogen-bond donors (Lipinski definition) is 1. The highest BCUT2D eigenvalue weighted by atomic mass is 16.4. The molecule has 3 nitrogen and oxygen atoms in total. The van der Waals surface area contributed by atoms with Crippen LogP contribution in [0.5, 0.6) is 0 Å². The highest BCUT2D eigenvalue weighted by molar-refractivity contribution is 5.67. The maximum absolute atomic E-state index is 10.8. The van der Waals surface area contributed by atoms with Crippen LogP contribution < -0.4 is 0 Å². The van der Waals surface area contributed by atoms with Crippen LogP contribution in [0.4, 0.5) is 0 Å². The molecule has 1 rings (SSSR count). The highest BCUT2D eigenvalue weighted by Crippen LogP contribution is 2.37. The second-order valence-electron chi connectivity index (χ2n) is 6.55. The van der Waals surface area contributed by atoms with E-state index < -0.39 is 5.97 Å². The molecule has 0 aromatic rings. The molecule has 0 aromatic carbocycles. The number of carboxylic acids is 1. The average molecular weight is 213 g/mol. The van der Waals surface area contributed by atoms with Crippen molar-refractivity contribution in [3.8, 4) is 0 Å². The molecule has 1 heterocycles. The van der Waals surface area contributed by atoms with E-state index in [1.54, 1.807) is 0 Å². The Labute approximate surface area is 92.5 Å². The predicted octanol–water partition coefficient (Wildman–Crippen LogP) is 2.22. The summed E-state index contributed by atoms with van der Waals surface area (Å²) in [4.78, 5) is 13.1. The fourth-order valence-electron chi connectivity index (χ4n) is 2.42. The van der Waals surface area contributed by atoms with Crippen molar-refractivity contribution in [2.45, 2.75) is 47.1 Å². The first kappa shape index (κ1) is 12.5. The summed E-state index contributed by atoms with van der Waals surface area (Å²) in [5, 5.41) is 8.92. The molecule has 0 radical (unpaired) electrons. The molecule has 0 spiro atoms. The van der Waals surface area contributed by atoms with Gasteiger partial charge >= 0.3 is 5.97 Å². The van der Waals surface area contributed by atoms with Gasteiger partial charge in [-0.15, -0.1) is 0 Å². The quantitative estimate of drug-likeness (QED) is 0.781. The molecule has 1 unspecified atom stereocenters. The largest absolute Gasteiger partial charge is 0.481 e. The van der Waals surface area contributed by atoms with Crippen molar-refractivity contribution in [1.29, 1.82) is 0 Å². The van der Waals surface area contributed by atoms with Gasteiger partial charge in [-0.3, -0.25) is 9.69 Å². The van der Waals surface area contributed by atoms with Crippen LogP contribution in [0.15, 0.2) is 0 Å². The van der Waals surface area contributed by atoms with Crippen LogP contribution in [0.1, 0.15) is 41.0 Å². The second kappa shape index (κ2) is 3.78. The fraction of sp³-hybridized carbons (Fsp3) is 0.917. The lowest BCUT2D eigenvalue weighted by molar-refractivity contribution is -0.142. The fourth-order valence-corrected chi connectivity index (χ4v) is 2.42. The van der Waals surface area contributed by atoms with E-state index in [1.807, 2.05) is 0 Å². The van der Waals surface area contributed by atoms with E-state index in [0.29, 0.717) is 5.41 Å². The van der Waals surface area contributed by atoms with Gasteiger partial charge < -0.3 is 5.11 Å². The van der Waals surface area contributed by atoms with Crippen LogP contribution in [-0.4, -0.2) is 35.1 Å². The zero-order valence-electron chi connectivity index (χ0n) is 10.5. The van der Waals surface area contributed by atoms with E-state index in [1.165, 1.54) is 0 Å². The van der Waals surface area contributed by atoms with Gasteiger partial charge in [-0.2, -0.15) is 0 Å². The molecule has 1 fully saturated rings. The molecule has 1 aliphatic rings. The molecule has 15 heavy (non-hydrogen) atoms. The van der Waals surface area contributed by atoms with Gasteiger partial charge in [0, 0.05) is 19.1 Å². The molecule has 1 N–H and O–H groups in total. The minimum absolute atomic E-state index is 0.0366. The monoisotopic (exact) mass is 213 g/mol. The maximum Gasteiger partial charge on any atom is 0.304 e. The van der Waals surface area contributed by atoms with Crippen molar-refractivity contribution in [2.24, 2.45) is 10.8 Å². The van der Waals surface area contributed by atoms with Gasteiger partial charge in [-0.1, -0.05) is 34.6 Å². The van der Waals surface area contributed by atoms with Gasteiger partial charge in [0.25, 0.3) is 0 Å². The Balaban J connectivity index is 2.63. The Morgan fingerprint density at radius 2 is 1.87 bits per heavy atom. The van der Waals surface area contributed by atoms with Crippen LogP contribution in [0.3, 0.4) is 0 Å². The van der Waals surface area contributed by atoms with Gasteiger partial charge in [0.05, 0.1) is 6.42 Å². The summed E-state index contributed by atoms with van der Waals surface area (Å²) in [6.07, 6.45) is 0.250. The first-order valence-electron chi connectivity index (χ1n) is 5.58. The summed E-state index contributed by atoms with van der Waals surface area (Å²) in [6.45, 7) is 12.8. The topological polar surface area (TPSA) is 40.5 Å². The molecule has 1 saturated heterocycles. The van der Waals surface area contributed by atoms with Crippen molar-refractivity contribution in [3.63, 3.8) is 0 Å². The maximum atomic E-state index is 10.8. The molecule has 1 atom stereocenters. The molecule has 0 aromatic heterocycles. The molecular weight excluding hydrogens is 190 g/mol. The van der Waals surface area contributed by atoms with E-state index in [2.05, 4.69) is 39.5 Å². The Hall–Kier alpha value is -0.570.